The Kier molecular flexibility index (Phi) is 6.82. The van der Waals surface area contributed by atoms with Gasteiger partial charge in [0.15, 0.2) is 0 Å². The Bertz CT molecular complexity index is 149. The van der Waals surface area contributed by atoms with Crippen LogP contribution >= 0.6 is 0 Å². The first-order valence-electron chi connectivity index (χ1n) is 5.20. The number of rotatable bonds is 1. The first-order valence-corrected chi connectivity index (χ1v) is 5.20. The monoisotopic (exact) mass is 299 g/mol. The molecule has 2 saturated carbocycles. The van der Waals surface area contributed by atoms with Crippen LogP contribution in [0.1, 0.15) is 51.4 Å². The molecule has 0 spiro atoms. The average molecular weight is 298 g/mol. The second-order valence-electron chi connectivity index (χ2n) is 4.34. The van der Waals surface area contributed by atoms with Crippen LogP contribution in [0.4, 0.5) is 0 Å². The number of fused-ring (bicyclic) bond motifs is 1. The Morgan fingerprint density at radius 1 is 1.00 bits per heavy atom. The first kappa shape index (κ1) is 14.8. The maximum atomic E-state index is 8.98. The topological polar surface area (TPSA) is 29.5 Å². The summed E-state index contributed by atoms with van der Waals surface area (Å²) in [6, 6.07) is 0. The first-order chi connectivity index (χ1) is 5.87. The molecule has 3 heteroatoms. The van der Waals surface area contributed by atoms with Crippen LogP contribution in [0, 0.1) is 13.3 Å². The van der Waals surface area contributed by atoms with Crippen LogP contribution in [-0.2, 0) is 32.2 Å². The predicted molar refractivity (Wildman–Crippen MR) is 53.3 cm³/mol. The van der Waals surface area contributed by atoms with Gasteiger partial charge in [0.25, 0.3) is 0 Å². The van der Waals surface area contributed by atoms with Crippen LogP contribution in [-0.4, -0.2) is 10.9 Å². The van der Waals surface area contributed by atoms with Gasteiger partial charge >= 0.3 is 0 Å². The average Bonchev–Trinajstić information content (AvgIpc) is 2.18. The van der Waals surface area contributed by atoms with Crippen LogP contribution in [0.15, 0.2) is 0 Å². The summed E-state index contributed by atoms with van der Waals surface area (Å²) in [4.78, 5) is 4.78. The Morgan fingerprint density at radius 2 is 1.50 bits per heavy atom. The molecule has 0 heterocycles. The van der Waals surface area contributed by atoms with Gasteiger partial charge in [-0.1, -0.05) is 25.7 Å². The summed E-state index contributed by atoms with van der Waals surface area (Å²) >= 11 is 0. The normalized spacial score (nSPS) is 36.2. The summed E-state index contributed by atoms with van der Waals surface area (Å²) in [5, 5.41) is 8.98. The van der Waals surface area contributed by atoms with Crippen molar-refractivity contribution in [3.05, 3.63) is 7.43 Å². The van der Waals surface area contributed by atoms with Gasteiger partial charge in [-0.3, -0.25) is 5.26 Å². The minimum Gasteiger partial charge on any atom is -0.358 e. The minimum atomic E-state index is -0.128. The van der Waals surface area contributed by atoms with E-state index in [-0.39, 0.29) is 40.3 Å². The fourth-order valence-corrected chi connectivity index (χ4v) is 3.00. The van der Waals surface area contributed by atoms with Crippen LogP contribution in [0.3, 0.4) is 0 Å². The molecule has 80 valence electrons. The van der Waals surface area contributed by atoms with Crippen LogP contribution in [0.5, 0.6) is 0 Å². The molecule has 0 unspecified atom stereocenters. The van der Waals surface area contributed by atoms with E-state index in [2.05, 4.69) is 0 Å². The molecule has 2 aliphatic rings. The zero-order valence-corrected chi connectivity index (χ0v) is 13.3. The summed E-state index contributed by atoms with van der Waals surface area (Å²) in [7, 11) is 0. The molecule has 2 aliphatic carbocycles. The molecule has 2 nitrogen and oxygen atoms in total. The molecule has 0 bridgehead atoms. The maximum Gasteiger partial charge on any atom is 0.106 e. The van der Waals surface area contributed by atoms with E-state index in [1.165, 1.54) is 38.5 Å². The van der Waals surface area contributed by atoms with E-state index in [9.17, 15) is 0 Å². The van der Waals surface area contributed by atoms with Gasteiger partial charge in [0.1, 0.15) is 5.60 Å². The molecule has 14 heavy (non-hydrogen) atoms. The molecule has 0 aromatic carbocycles. The molecule has 2 rings (SSSR count). The molecule has 0 aliphatic heterocycles. The van der Waals surface area contributed by atoms with Gasteiger partial charge in [-0.15, -0.1) is 0 Å². The van der Waals surface area contributed by atoms with Crippen molar-refractivity contribution in [3.63, 3.8) is 0 Å². The summed E-state index contributed by atoms with van der Waals surface area (Å²) in [6.07, 6.45) is 9.81. The van der Waals surface area contributed by atoms with E-state index in [4.69, 9.17) is 10.1 Å². The Morgan fingerprint density at radius 3 is 1.86 bits per heavy atom. The molecular formula is C11H21CdO2-. The Labute approximate surface area is 108 Å². The van der Waals surface area contributed by atoms with Gasteiger partial charge in [-0.25, -0.2) is 4.89 Å². The van der Waals surface area contributed by atoms with Gasteiger partial charge in [-0.05, 0) is 31.6 Å². The number of hydrogen-bond donors (Lipinski definition) is 1. The summed E-state index contributed by atoms with van der Waals surface area (Å²) in [5.41, 5.74) is -0.128. The molecule has 0 atom stereocenters. The van der Waals surface area contributed by atoms with Crippen molar-refractivity contribution in [1.29, 1.82) is 0 Å². The summed E-state index contributed by atoms with van der Waals surface area (Å²) < 4.78 is 0. The zero-order chi connectivity index (χ0) is 8.44. The third-order valence-corrected chi connectivity index (χ3v) is 3.73. The van der Waals surface area contributed by atoms with Crippen molar-refractivity contribution in [2.24, 2.45) is 5.92 Å². The minimum absolute atomic E-state index is 0. The third kappa shape index (κ3) is 2.70. The van der Waals surface area contributed by atoms with Crippen molar-refractivity contribution in [1.82, 2.24) is 0 Å². The van der Waals surface area contributed by atoms with E-state index in [1.807, 2.05) is 0 Å². The molecule has 2 fully saturated rings. The quantitative estimate of drug-likeness (QED) is 0.348. The fraction of sp³-hybridized carbons (Fsp3) is 0.909. The zero-order valence-electron chi connectivity index (χ0n) is 9.30. The third-order valence-electron chi connectivity index (χ3n) is 3.73. The van der Waals surface area contributed by atoms with Crippen molar-refractivity contribution >= 4 is 0 Å². The van der Waals surface area contributed by atoms with Crippen molar-refractivity contribution in [2.75, 3.05) is 0 Å². The maximum absolute atomic E-state index is 8.98. The van der Waals surface area contributed by atoms with Crippen LogP contribution in [0.25, 0.3) is 0 Å². The molecule has 0 aromatic heterocycles. The summed E-state index contributed by atoms with van der Waals surface area (Å²) in [5.74, 6) is 0.644. The predicted octanol–water partition coefficient (Wildman–Crippen LogP) is 3.43. The largest absolute Gasteiger partial charge is 0.358 e. The van der Waals surface area contributed by atoms with Crippen molar-refractivity contribution < 1.29 is 37.4 Å². The standard InChI is InChI=1S/C10H18O2.CH3.Cd/c11-12-10-7-3-1-5-9(10)6-2-4-8-10;;/h9,11H,1-8H2;1H3;/q;-1;. The van der Waals surface area contributed by atoms with Gasteiger partial charge in [0.05, 0.1) is 0 Å². The van der Waals surface area contributed by atoms with E-state index in [0.29, 0.717) is 5.92 Å². The molecule has 1 N–H and O–H groups in total. The molecule has 0 aromatic rings. The molecular weight excluding hydrogens is 277 g/mol. The Balaban J connectivity index is 0.000000845. The van der Waals surface area contributed by atoms with Crippen molar-refractivity contribution in [3.8, 4) is 0 Å². The molecule has 0 saturated heterocycles. The van der Waals surface area contributed by atoms with E-state index < -0.39 is 0 Å². The fourth-order valence-electron chi connectivity index (χ4n) is 3.00. The molecule has 0 amide bonds. The molecule has 0 radical (unpaired) electrons. The van der Waals surface area contributed by atoms with E-state index in [1.54, 1.807) is 0 Å². The SMILES string of the molecule is OOC12CCCCC1CCCC2.[CH3-].[Cd]. The number of hydrogen-bond acceptors (Lipinski definition) is 2. The van der Waals surface area contributed by atoms with Gasteiger partial charge < -0.3 is 7.43 Å². The van der Waals surface area contributed by atoms with Crippen LogP contribution in [0.2, 0.25) is 0 Å². The van der Waals surface area contributed by atoms with E-state index in [0.717, 1.165) is 12.8 Å². The summed E-state index contributed by atoms with van der Waals surface area (Å²) in [6.45, 7) is 0. The van der Waals surface area contributed by atoms with E-state index >= 15 is 0 Å². The van der Waals surface area contributed by atoms with Gasteiger partial charge in [0, 0.05) is 27.3 Å². The van der Waals surface area contributed by atoms with Crippen LogP contribution < -0.4 is 0 Å². The van der Waals surface area contributed by atoms with Gasteiger partial charge in [-0.2, -0.15) is 0 Å². The second kappa shape index (κ2) is 6.43. The van der Waals surface area contributed by atoms with Crippen molar-refractivity contribution in [2.45, 2.75) is 57.0 Å². The Hall–Kier alpha value is 0.842. The smallest absolute Gasteiger partial charge is 0.106 e. The van der Waals surface area contributed by atoms with Gasteiger partial charge in [0.2, 0.25) is 0 Å². The second-order valence-corrected chi connectivity index (χ2v) is 4.34.